The molecular weight excluding hydrogens is 543 g/mol. The van der Waals surface area contributed by atoms with E-state index in [9.17, 15) is 21.6 Å². The van der Waals surface area contributed by atoms with Gasteiger partial charge in [0.1, 0.15) is 23.1 Å². The number of imidazole rings is 1. The zero-order valence-electron chi connectivity index (χ0n) is 21.9. The highest BCUT2D eigenvalue weighted by Gasteiger charge is 2.28. The molecule has 0 bridgehead atoms. The minimum absolute atomic E-state index is 0.0961. The molecule has 0 spiro atoms. The van der Waals surface area contributed by atoms with Gasteiger partial charge in [0.2, 0.25) is 0 Å². The maximum Gasteiger partial charge on any atom is 0.405 e. The van der Waals surface area contributed by atoms with Crippen molar-refractivity contribution in [1.29, 1.82) is 0 Å². The van der Waals surface area contributed by atoms with Gasteiger partial charge >= 0.3 is 6.18 Å². The van der Waals surface area contributed by atoms with Crippen LogP contribution in [0.2, 0.25) is 0 Å². The number of hydrogen-bond acceptors (Lipinski definition) is 4. The van der Waals surface area contributed by atoms with Gasteiger partial charge in [0.15, 0.2) is 9.84 Å². The molecule has 4 aromatic rings. The molecule has 0 aliphatic carbocycles. The van der Waals surface area contributed by atoms with Gasteiger partial charge in [-0.2, -0.15) is 13.2 Å². The van der Waals surface area contributed by atoms with Gasteiger partial charge in [-0.1, -0.05) is 68.5 Å². The number of halogens is 3. The largest absolute Gasteiger partial charge is 0.405 e. The van der Waals surface area contributed by atoms with Crippen LogP contribution in [-0.4, -0.2) is 41.9 Å². The highest BCUT2D eigenvalue weighted by atomic mass is 32.2. The Balaban J connectivity index is 1.83. The van der Waals surface area contributed by atoms with Crippen LogP contribution in [0.5, 0.6) is 0 Å². The predicted molar refractivity (Wildman–Crippen MR) is 152 cm³/mol. The van der Waals surface area contributed by atoms with Crippen LogP contribution in [0.4, 0.5) is 13.2 Å². The number of nitrogens with zero attached hydrogens (tertiary/aromatic N) is 2. The lowest BCUT2D eigenvalue weighted by molar-refractivity contribution is -0.121. The van der Waals surface area contributed by atoms with Gasteiger partial charge in [-0.15, -0.1) is 0 Å². The second-order valence-electron chi connectivity index (χ2n) is 9.66. The fourth-order valence-electron chi connectivity index (χ4n) is 4.35. The molecule has 0 aliphatic rings. The predicted octanol–water partition coefficient (Wildman–Crippen LogP) is 6.87. The third-order valence-electron chi connectivity index (χ3n) is 6.26. The molecule has 0 amide bonds. The van der Waals surface area contributed by atoms with Crippen LogP contribution in [0.1, 0.15) is 36.6 Å². The molecule has 1 heterocycles. The number of rotatable bonds is 7. The van der Waals surface area contributed by atoms with E-state index in [-0.39, 0.29) is 21.5 Å². The summed E-state index contributed by atoms with van der Waals surface area (Å²) in [6.45, 7) is 4.79. The van der Waals surface area contributed by atoms with Gasteiger partial charge in [0.05, 0.1) is 10.6 Å². The molecule has 0 aliphatic heterocycles. The molecule has 1 aromatic heterocycles. The Morgan fingerprint density at radius 3 is 2.36 bits per heavy atom. The molecule has 0 saturated carbocycles. The molecule has 0 fully saturated rings. The molecule has 10 heteroatoms. The van der Waals surface area contributed by atoms with Crippen LogP contribution in [0.25, 0.3) is 28.2 Å². The molecule has 5 nitrogen and oxygen atoms in total. The van der Waals surface area contributed by atoms with Gasteiger partial charge < -0.3 is 5.32 Å². The maximum absolute atomic E-state index is 12.8. The zero-order chi connectivity index (χ0) is 28.5. The van der Waals surface area contributed by atoms with E-state index in [0.29, 0.717) is 5.82 Å². The summed E-state index contributed by atoms with van der Waals surface area (Å²) in [6, 6.07) is 20.2. The van der Waals surface area contributed by atoms with E-state index >= 15 is 0 Å². The molecule has 3 aromatic carbocycles. The summed E-state index contributed by atoms with van der Waals surface area (Å²) in [4.78, 5) is 4.82. The van der Waals surface area contributed by atoms with Crippen molar-refractivity contribution < 1.29 is 21.6 Å². The molecule has 0 radical (unpaired) electrons. The first-order chi connectivity index (χ1) is 18.2. The standard InChI is InChI=1S/C29H28F3N3O2S2/c1-18(2)23-10-5-6-11-24(23)27-34-25(28(38)33-17-29(30,31)32)16-35(27)26-13-12-21(14-19(26)3)20-8-7-9-22(15-20)39(4,36)37/h5-16,18H,17H2,1-4H3,(H,33,38). The molecular formula is C29H28F3N3O2S2. The molecule has 0 saturated heterocycles. The topological polar surface area (TPSA) is 64.0 Å². The summed E-state index contributed by atoms with van der Waals surface area (Å²) < 4.78 is 64.4. The molecule has 204 valence electrons. The normalized spacial score (nSPS) is 12.1. The number of thiocarbonyl (C=S) groups is 1. The fourth-order valence-corrected chi connectivity index (χ4v) is 5.19. The second kappa shape index (κ2) is 10.9. The molecule has 4 rings (SSSR count). The minimum atomic E-state index is -4.42. The van der Waals surface area contributed by atoms with Crippen molar-refractivity contribution in [3.63, 3.8) is 0 Å². The van der Waals surface area contributed by atoms with E-state index in [2.05, 4.69) is 24.1 Å². The van der Waals surface area contributed by atoms with Crippen LogP contribution < -0.4 is 5.32 Å². The van der Waals surface area contributed by atoms with Crippen molar-refractivity contribution in [2.24, 2.45) is 0 Å². The summed E-state index contributed by atoms with van der Waals surface area (Å²) in [5, 5.41) is 2.26. The summed E-state index contributed by atoms with van der Waals surface area (Å²) in [5.74, 6) is 0.732. The van der Waals surface area contributed by atoms with Crippen LogP contribution >= 0.6 is 12.2 Å². The lowest BCUT2D eigenvalue weighted by Crippen LogP contribution is -2.33. The van der Waals surface area contributed by atoms with Crippen LogP contribution in [0.15, 0.2) is 77.8 Å². The fraction of sp³-hybridized carbons (Fsp3) is 0.241. The molecule has 0 unspecified atom stereocenters. The van der Waals surface area contributed by atoms with Gasteiger partial charge in [-0.05, 0) is 59.4 Å². The smallest absolute Gasteiger partial charge is 0.366 e. The van der Waals surface area contributed by atoms with Crippen molar-refractivity contribution >= 4 is 27.0 Å². The quantitative estimate of drug-likeness (QED) is 0.245. The Labute approximate surface area is 231 Å². The number of alkyl halides is 3. The van der Waals surface area contributed by atoms with E-state index in [1.54, 1.807) is 24.4 Å². The summed E-state index contributed by atoms with van der Waals surface area (Å²) in [6.07, 6.45) is -1.60. The number of aryl methyl sites for hydroxylation is 1. The first-order valence-corrected chi connectivity index (χ1v) is 14.5. The Bertz CT molecular complexity index is 1640. The van der Waals surface area contributed by atoms with Crippen molar-refractivity contribution in [2.45, 2.75) is 37.8 Å². The van der Waals surface area contributed by atoms with Gasteiger partial charge in [0, 0.05) is 18.0 Å². The highest BCUT2D eigenvalue weighted by molar-refractivity contribution is 7.90. The van der Waals surface area contributed by atoms with Crippen molar-refractivity contribution in [3.8, 4) is 28.2 Å². The van der Waals surface area contributed by atoms with Crippen LogP contribution in [0.3, 0.4) is 0 Å². The van der Waals surface area contributed by atoms with Crippen LogP contribution in [-0.2, 0) is 9.84 Å². The third kappa shape index (κ3) is 6.57. The summed E-state index contributed by atoms with van der Waals surface area (Å²) in [5.41, 5.74) is 5.32. The third-order valence-corrected chi connectivity index (χ3v) is 7.73. The van der Waals surface area contributed by atoms with Crippen molar-refractivity contribution in [1.82, 2.24) is 14.9 Å². The number of aromatic nitrogens is 2. The van der Waals surface area contributed by atoms with Gasteiger partial charge in [0.25, 0.3) is 0 Å². The molecule has 39 heavy (non-hydrogen) atoms. The first kappa shape index (κ1) is 28.5. The SMILES string of the molecule is Cc1cc(-c2cccc(S(C)(=O)=O)c2)ccc1-n1cc(C(=S)NCC(F)(F)F)nc1-c1ccccc1C(C)C. The number of benzene rings is 3. The van der Waals surface area contributed by atoms with E-state index in [4.69, 9.17) is 12.2 Å². The van der Waals surface area contributed by atoms with Crippen LogP contribution in [0, 0.1) is 6.92 Å². The monoisotopic (exact) mass is 571 g/mol. The second-order valence-corrected chi connectivity index (χ2v) is 12.1. The van der Waals surface area contributed by atoms with Gasteiger partial charge in [-0.25, -0.2) is 13.4 Å². The lowest BCUT2D eigenvalue weighted by atomic mass is 9.96. The minimum Gasteiger partial charge on any atom is -0.366 e. The molecule has 0 atom stereocenters. The zero-order valence-corrected chi connectivity index (χ0v) is 23.5. The average Bonchev–Trinajstić information content (AvgIpc) is 3.31. The van der Waals surface area contributed by atoms with E-state index in [1.165, 1.54) is 6.26 Å². The first-order valence-electron chi connectivity index (χ1n) is 12.2. The number of sulfone groups is 1. The lowest BCUT2D eigenvalue weighted by Gasteiger charge is -2.16. The van der Waals surface area contributed by atoms with E-state index < -0.39 is 22.6 Å². The van der Waals surface area contributed by atoms with Crippen molar-refractivity contribution in [3.05, 3.63) is 89.7 Å². The number of hydrogen-bond donors (Lipinski definition) is 1. The molecule has 1 N–H and O–H groups in total. The Kier molecular flexibility index (Phi) is 7.99. The Morgan fingerprint density at radius 1 is 1.03 bits per heavy atom. The maximum atomic E-state index is 12.8. The van der Waals surface area contributed by atoms with E-state index in [1.807, 2.05) is 60.0 Å². The Morgan fingerprint density at radius 2 is 1.72 bits per heavy atom. The Hall–Kier alpha value is -3.50. The van der Waals surface area contributed by atoms with Gasteiger partial charge in [-0.3, -0.25) is 4.57 Å². The van der Waals surface area contributed by atoms with E-state index in [0.717, 1.165) is 33.5 Å². The average molecular weight is 572 g/mol. The summed E-state index contributed by atoms with van der Waals surface area (Å²) in [7, 11) is -3.36. The number of nitrogens with one attached hydrogen (secondary N) is 1. The summed E-state index contributed by atoms with van der Waals surface area (Å²) >= 11 is 5.27. The van der Waals surface area contributed by atoms with Crippen molar-refractivity contribution in [2.75, 3.05) is 12.8 Å². The highest BCUT2D eigenvalue weighted by Crippen LogP contribution is 2.33.